The Morgan fingerprint density at radius 1 is 1.17 bits per heavy atom. The Bertz CT molecular complexity index is 726. The number of fused-ring (bicyclic) bond motifs is 5. The first-order chi connectivity index (χ1) is 10.8. The van der Waals surface area contributed by atoms with Gasteiger partial charge in [-0.05, 0) is 44.2 Å². The van der Waals surface area contributed by atoms with Gasteiger partial charge in [0.25, 0.3) is 0 Å². The Kier molecular flexibility index (Phi) is 5.23. The zero-order chi connectivity index (χ0) is 14.7. The summed E-state index contributed by atoms with van der Waals surface area (Å²) in [4.78, 5) is 14.3. The van der Waals surface area contributed by atoms with Gasteiger partial charge < -0.3 is 15.3 Å². The maximum Gasteiger partial charge on any atom is 0.141 e. The SMILES string of the molecule is Cl.Cl.OC1C[C@H]2CC[C@@H](C1)N2c1ncnc2sc3c(c12)CCNC3. The van der Waals surface area contributed by atoms with Crippen LogP contribution in [0, 0.1) is 0 Å². The van der Waals surface area contributed by atoms with Crippen molar-refractivity contribution in [2.75, 3.05) is 11.4 Å². The number of nitrogens with one attached hydrogen (secondary N) is 1. The molecule has 0 amide bonds. The third kappa shape index (κ3) is 2.69. The van der Waals surface area contributed by atoms with E-state index in [1.807, 2.05) is 11.3 Å². The van der Waals surface area contributed by atoms with E-state index < -0.39 is 0 Å². The van der Waals surface area contributed by atoms with E-state index in [1.165, 1.54) is 28.7 Å². The van der Waals surface area contributed by atoms with Crippen molar-refractivity contribution in [1.82, 2.24) is 15.3 Å². The molecule has 3 aliphatic rings. The number of nitrogens with zero attached hydrogens (tertiary/aromatic N) is 3. The summed E-state index contributed by atoms with van der Waals surface area (Å²) >= 11 is 1.81. The smallest absolute Gasteiger partial charge is 0.141 e. The molecule has 5 nitrogen and oxygen atoms in total. The number of anilines is 1. The minimum Gasteiger partial charge on any atom is -0.393 e. The number of aliphatic hydroxyl groups excluding tert-OH is 1. The predicted molar refractivity (Wildman–Crippen MR) is 102 cm³/mol. The molecule has 0 aliphatic carbocycles. The highest BCUT2D eigenvalue weighted by Gasteiger charge is 2.42. The van der Waals surface area contributed by atoms with E-state index in [0.29, 0.717) is 12.1 Å². The minimum atomic E-state index is -0.133. The first kappa shape index (κ1) is 18.1. The van der Waals surface area contributed by atoms with Crippen molar-refractivity contribution in [3.8, 4) is 0 Å². The van der Waals surface area contributed by atoms with Crippen LogP contribution in [0.5, 0.6) is 0 Å². The van der Waals surface area contributed by atoms with Crippen LogP contribution in [-0.4, -0.2) is 39.8 Å². The van der Waals surface area contributed by atoms with Crippen LogP contribution < -0.4 is 10.2 Å². The van der Waals surface area contributed by atoms with Crippen LogP contribution in [-0.2, 0) is 13.0 Å². The Labute approximate surface area is 157 Å². The first-order valence-corrected chi connectivity index (χ1v) is 9.05. The highest BCUT2D eigenvalue weighted by molar-refractivity contribution is 7.19. The van der Waals surface area contributed by atoms with Crippen LogP contribution in [0.1, 0.15) is 36.1 Å². The molecule has 2 fully saturated rings. The number of thiophene rings is 1. The van der Waals surface area contributed by atoms with Crippen molar-refractivity contribution < 1.29 is 5.11 Å². The second-order valence-corrected chi connectivity index (χ2v) is 7.81. The van der Waals surface area contributed by atoms with E-state index in [0.717, 1.165) is 43.0 Å². The first-order valence-electron chi connectivity index (χ1n) is 8.23. The molecule has 132 valence electrons. The summed E-state index contributed by atoms with van der Waals surface area (Å²) in [5.41, 5.74) is 1.46. The highest BCUT2D eigenvalue weighted by atomic mass is 35.5. The predicted octanol–water partition coefficient (Wildman–Crippen LogP) is 2.67. The Hall–Kier alpha value is -0.660. The topological polar surface area (TPSA) is 61.3 Å². The summed E-state index contributed by atoms with van der Waals surface area (Å²) in [5.74, 6) is 1.13. The minimum absolute atomic E-state index is 0. The fourth-order valence-electron chi connectivity index (χ4n) is 4.53. The van der Waals surface area contributed by atoms with Crippen molar-refractivity contribution in [1.29, 1.82) is 0 Å². The molecule has 0 spiro atoms. The lowest BCUT2D eigenvalue weighted by Gasteiger charge is -2.38. The normalized spacial score (nSPS) is 28.2. The number of hydrogen-bond donors (Lipinski definition) is 2. The summed E-state index contributed by atoms with van der Waals surface area (Å²) in [5, 5.41) is 14.8. The van der Waals surface area contributed by atoms with E-state index in [2.05, 4.69) is 15.2 Å². The van der Waals surface area contributed by atoms with Crippen molar-refractivity contribution >= 4 is 52.2 Å². The van der Waals surface area contributed by atoms with Crippen LogP contribution >= 0.6 is 36.2 Å². The van der Waals surface area contributed by atoms with Crippen LogP contribution in [0.3, 0.4) is 0 Å². The van der Waals surface area contributed by atoms with Gasteiger partial charge in [0.15, 0.2) is 0 Å². The Balaban J connectivity index is 0.000000845. The molecule has 1 unspecified atom stereocenters. The zero-order valence-electron chi connectivity index (χ0n) is 13.3. The molecule has 2 N–H and O–H groups in total. The van der Waals surface area contributed by atoms with Crippen molar-refractivity contribution in [2.45, 2.75) is 56.8 Å². The van der Waals surface area contributed by atoms with Gasteiger partial charge in [-0.1, -0.05) is 0 Å². The van der Waals surface area contributed by atoms with Crippen molar-refractivity contribution in [3.05, 3.63) is 16.8 Å². The molecular formula is C16H22Cl2N4OS. The average Bonchev–Trinajstić information content (AvgIpc) is 3.03. The van der Waals surface area contributed by atoms with Crippen molar-refractivity contribution in [3.63, 3.8) is 0 Å². The van der Waals surface area contributed by atoms with Gasteiger partial charge in [-0.25, -0.2) is 9.97 Å². The fraction of sp³-hybridized carbons (Fsp3) is 0.625. The maximum absolute atomic E-state index is 10.1. The monoisotopic (exact) mass is 388 g/mol. The molecule has 3 aliphatic heterocycles. The van der Waals surface area contributed by atoms with Gasteiger partial charge in [-0.15, -0.1) is 36.2 Å². The standard InChI is InChI=1S/C16H20N4OS.2ClH/c21-11-5-9-1-2-10(6-11)20(9)15-14-12-3-4-17-7-13(12)22-16(14)19-8-18-15;;/h8-11,17,21H,1-7H2;2*1H/t9-,10+,11?;;. The van der Waals surface area contributed by atoms with Gasteiger partial charge in [-0.3, -0.25) is 0 Å². The van der Waals surface area contributed by atoms with Gasteiger partial charge in [0.05, 0.1) is 11.5 Å². The van der Waals surface area contributed by atoms with Crippen LogP contribution in [0.25, 0.3) is 10.2 Å². The van der Waals surface area contributed by atoms with Crippen LogP contribution in [0.2, 0.25) is 0 Å². The van der Waals surface area contributed by atoms with Crippen LogP contribution in [0.15, 0.2) is 6.33 Å². The number of halogens is 2. The summed E-state index contributed by atoms with van der Waals surface area (Å²) in [7, 11) is 0. The highest BCUT2D eigenvalue weighted by Crippen LogP contribution is 2.44. The second kappa shape index (κ2) is 6.92. The fourth-order valence-corrected chi connectivity index (χ4v) is 5.68. The van der Waals surface area contributed by atoms with Gasteiger partial charge in [0.1, 0.15) is 17.0 Å². The summed E-state index contributed by atoms with van der Waals surface area (Å²) < 4.78 is 0. The third-order valence-electron chi connectivity index (χ3n) is 5.44. The molecule has 0 radical (unpaired) electrons. The molecule has 2 saturated heterocycles. The molecule has 24 heavy (non-hydrogen) atoms. The van der Waals surface area contributed by atoms with Gasteiger partial charge in [-0.2, -0.15) is 0 Å². The largest absolute Gasteiger partial charge is 0.393 e. The number of aliphatic hydroxyl groups is 1. The lowest BCUT2D eigenvalue weighted by Crippen LogP contribution is -2.45. The van der Waals surface area contributed by atoms with E-state index in [9.17, 15) is 5.11 Å². The average molecular weight is 389 g/mol. The molecule has 0 saturated carbocycles. The lowest BCUT2D eigenvalue weighted by atomic mass is 9.98. The number of hydrogen-bond acceptors (Lipinski definition) is 6. The molecule has 5 rings (SSSR count). The molecule has 2 bridgehead atoms. The molecule has 5 heterocycles. The molecule has 0 aromatic carbocycles. The number of piperidine rings is 1. The van der Waals surface area contributed by atoms with E-state index >= 15 is 0 Å². The van der Waals surface area contributed by atoms with E-state index in [-0.39, 0.29) is 30.9 Å². The van der Waals surface area contributed by atoms with Gasteiger partial charge >= 0.3 is 0 Å². The Morgan fingerprint density at radius 3 is 2.67 bits per heavy atom. The van der Waals surface area contributed by atoms with Crippen LogP contribution in [0.4, 0.5) is 5.82 Å². The molecular weight excluding hydrogens is 367 g/mol. The molecule has 8 heteroatoms. The summed E-state index contributed by atoms with van der Waals surface area (Å²) in [6.07, 6.45) is 6.79. The lowest BCUT2D eigenvalue weighted by molar-refractivity contribution is 0.126. The maximum atomic E-state index is 10.1. The van der Waals surface area contributed by atoms with E-state index in [1.54, 1.807) is 6.33 Å². The Morgan fingerprint density at radius 2 is 1.92 bits per heavy atom. The summed E-state index contributed by atoms with van der Waals surface area (Å²) in [6, 6.07) is 0.897. The summed E-state index contributed by atoms with van der Waals surface area (Å²) in [6.45, 7) is 2.00. The number of aromatic nitrogens is 2. The van der Waals surface area contributed by atoms with Crippen molar-refractivity contribution in [2.24, 2.45) is 0 Å². The van der Waals surface area contributed by atoms with Gasteiger partial charge in [0, 0.05) is 23.5 Å². The zero-order valence-corrected chi connectivity index (χ0v) is 15.7. The quantitative estimate of drug-likeness (QED) is 0.786. The molecule has 2 aromatic rings. The third-order valence-corrected chi connectivity index (χ3v) is 6.58. The second-order valence-electron chi connectivity index (χ2n) is 6.73. The molecule has 3 atom stereocenters. The van der Waals surface area contributed by atoms with Gasteiger partial charge in [0.2, 0.25) is 0 Å². The van der Waals surface area contributed by atoms with E-state index in [4.69, 9.17) is 4.98 Å². The molecule has 2 aromatic heterocycles. The number of rotatable bonds is 1.